The Morgan fingerprint density at radius 1 is 1.19 bits per heavy atom. The van der Waals surface area contributed by atoms with E-state index in [-0.39, 0.29) is 11.7 Å². The summed E-state index contributed by atoms with van der Waals surface area (Å²) in [5.41, 5.74) is 1.57. The van der Waals surface area contributed by atoms with Crippen LogP contribution in [-0.4, -0.2) is 33.3 Å². The van der Waals surface area contributed by atoms with Crippen molar-refractivity contribution in [2.24, 2.45) is 5.92 Å². The van der Waals surface area contributed by atoms with E-state index in [1.807, 2.05) is 12.1 Å². The fourth-order valence-corrected chi connectivity index (χ4v) is 3.58. The second-order valence-electron chi connectivity index (χ2n) is 6.84. The Hall–Kier alpha value is -2.80. The lowest BCUT2D eigenvalue weighted by atomic mass is 9.87. The number of aryl methyl sites for hydroxylation is 1. The number of nitrogens with zero attached hydrogens (tertiary/aromatic N) is 4. The van der Waals surface area contributed by atoms with Gasteiger partial charge in [0.25, 0.3) is 5.89 Å². The number of benzene rings is 1. The van der Waals surface area contributed by atoms with Crippen LogP contribution in [0, 0.1) is 18.7 Å². The van der Waals surface area contributed by atoms with Crippen molar-refractivity contribution >= 4 is 5.82 Å². The smallest absolute Gasteiger partial charge is 0.261 e. The molecule has 7 heteroatoms. The summed E-state index contributed by atoms with van der Waals surface area (Å²) in [6, 6.07) is 9.86. The Kier molecular flexibility index (Phi) is 4.85. The van der Waals surface area contributed by atoms with Gasteiger partial charge in [0.1, 0.15) is 11.6 Å². The van der Waals surface area contributed by atoms with E-state index in [1.54, 1.807) is 25.3 Å². The third-order valence-electron chi connectivity index (χ3n) is 5.04. The van der Waals surface area contributed by atoms with Crippen LogP contribution in [0.3, 0.4) is 0 Å². The molecule has 1 aliphatic heterocycles. The van der Waals surface area contributed by atoms with Crippen LogP contribution in [0.15, 0.2) is 47.1 Å². The average molecular weight is 368 g/mol. The molecule has 140 valence electrons. The lowest BCUT2D eigenvalue weighted by Crippen LogP contribution is -2.36. The molecule has 1 aliphatic rings. The SMILES string of the molecule is Cc1noc(-c2cccnc2N2CCC(C(O)c3ccc(F)cc3)CC2)n1. The lowest BCUT2D eigenvalue weighted by Gasteiger charge is -2.35. The molecular weight excluding hydrogens is 347 g/mol. The van der Waals surface area contributed by atoms with Crippen LogP contribution in [0.2, 0.25) is 0 Å². The maximum atomic E-state index is 13.1. The van der Waals surface area contributed by atoms with Gasteiger partial charge < -0.3 is 14.5 Å². The fourth-order valence-electron chi connectivity index (χ4n) is 3.58. The molecule has 4 rings (SSSR count). The first-order chi connectivity index (χ1) is 13.1. The number of aliphatic hydroxyl groups excluding tert-OH is 1. The molecule has 1 unspecified atom stereocenters. The standard InChI is InChI=1S/C20H21FN4O2/c1-13-23-20(27-24-13)17-3-2-10-22-19(17)25-11-8-15(9-12-25)18(26)14-4-6-16(21)7-5-14/h2-7,10,15,18,26H,8-9,11-12H2,1H3. The number of aliphatic hydroxyl groups is 1. The summed E-state index contributed by atoms with van der Waals surface area (Å²) < 4.78 is 18.4. The number of hydrogen-bond donors (Lipinski definition) is 1. The number of hydrogen-bond acceptors (Lipinski definition) is 6. The van der Waals surface area contributed by atoms with Crippen LogP contribution >= 0.6 is 0 Å². The van der Waals surface area contributed by atoms with Crippen LogP contribution in [-0.2, 0) is 0 Å². The van der Waals surface area contributed by atoms with Gasteiger partial charge in [-0.3, -0.25) is 0 Å². The maximum absolute atomic E-state index is 13.1. The number of halogens is 1. The maximum Gasteiger partial charge on any atom is 0.261 e. The molecule has 1 N–H and O–H groups in total. The van der Waals surface area contributed by atoms with E-state index in [4.69, 9.17) is 4.52 Å². The minimum absolute atomic E-state index is 0.129. The molecule has 0 saturated carbocycles. The van der Waals surface area contributed by atoms with Gasteiger partial charge in [-0.1, -0.05) is 17.3 Å². The van der Waals surface area contributed by atoms with Gasteiger partial charge in [-0.25, -0.2) is 9.37 Å². The highest BCUT2D eigenvalue weighted by atomic mass is 19.1. The van der Waals surface area contributed by atoms with Gasteiger partial charge in [-0.2, -0.15) is 4.98 Å². The van der Waals surface area contributed by atoms with Gasteiger partial charge in [0.05, 0.1) is 11.7 Å². The number of piperidine rings is 1. The van der Waals surface area contributed by atoms with Crippen molar-refractivity contribution in [2.75, 3.05) is 18.0 Å². The van der Waals surface area contributed by atoms with E-state index in [9.17, 15) is 9.50 Å². The van der Waals surface area contributed by atoms with Crippen molar-refractivity contribution in [3.8, 4) is 11.5 Å². The largest absolute Gasteiger partial charge is 0.388 e. The summed E-state index contributed by atoms with van der Waals surface area (Å²) in [6.07, 6.45) is 2.80. The summed E-state index contributed by atoms with van der Waals surface area (Å²) >= 11 is 0. The number of rotatable bonds is 4. The molecule has 3 heterocycles. The number of pyridine rings is 1. The molecule has 1 fully saturated rings. The van der Waals surface area contributed by atoms with Crippen molar-refractivity contribution < 1.29 is 14.0 Å². The molecule has 2 aromatic heterocycles. The minimum Gasteiger partial charge on any atom is -0.388 e. The van der Waals surface area contributed by atoms with Crippen LogP contribution in [0.25, 0.3) is 11.5 Å². The van der Waals surface area contributed by atoms with Gasteiger partial charge in [-0.15, -0.1) is 0 Å². The van der Waals surface area contributed by atoms with E-state index >= 15 is 0 Å². The highest BCUT2D eigenvalue weighted by molar-refractivity contribution is 5.69. The average Bonchev–Trinajstić information content (AvgIpc) is 3.14. The van der Waals surface area contributed by atoms with E-state index in [0.29, 0.717) is 11.7 Å². The van der Waals surface area contributed by atoms with Crippen molar-refractivity contribution in [1.82, 2.24) is 15.1 Å². The topological polar surface area (TPSA) is 75.3 Å². The highest BCUT2D eigenvalue weighted by Crippen LogP contribution is 2.34. The molecule has 1 atom stereocenters. The Morgan fingerprint density at radius 3 is 2.59 bits per heavy atom. The molecule has 0 aliphatic carbocycles. The van der Waals surface area contributed by atoms with Crippen molar-refractivity contribution in [3.63, 3.8) is 0 Å². The van der Waals surface area contributed by atoms with Crippen LogP contribution in [0.5, 0.6) is 0 Å². The zero-order chi connectivity index (χ0) is 18.8. The zero-order valence-electron chi connectivity index (χ0n) is 15.0. The molecular formula is C20H21FN4O2. The molecule has 6 nitrogen and oxygen atoms in total. The van der Waals surface area contributed by atoms with E-state index in [1.165, 1.54) is 12.1 Å². The lowest BCUT2D eigenvalue weighted by molar-refractivity contribution is 0.0928. The summed E-state index contributed by atoms with van der Waals surface area (Å²) in [5, 5.41) is 14.5. The first-order valence-corrected chi connectivity index (χ1v) is 9.06. The molecule has 1 aromatic carbocycles. The Labute approximate surface area is 156 Å². The van der Waals surface area contributed by atoms with Crippen molar-refractivity contribution in [1.29, 1.82) is 0 Å². The number of anilines is 1. The molecule has 0 bridgehead atoms. The molecule has 1 saturated heterocycles. The van der Waals surface area contributed by atoms with Gasteiger partial charge in [0.2, 0.25) is 0 Å². The third kappa shape index (κ3) is 3.68. The summed E-state index contributed by atoms with van der Waals surface area (Å²) in [4.78, 5) is 11.0. The third-order valence-corrected chi connectivity index (χ3v) is 5.04. The summed E-state index contributed by atoms with van der Waals surface area (Å²) in [6.45, 7) is 3.31. The zero-order valence-corrected chi connectivity index (χ0v) is 15.0. The van der Waals surface area contributed by atoms with Crippen molar-refractivity contribution in [3.05, 3.63) is 59.8 Å². The van der Waals surface area contributed by atoms with E-state index in [2.05, 4.69) is 20.0 Å². The second-order valence-corrected chi connectivity index (χ2v) is 6.84. The molecule has 0 spiro atoms. The predicted molar refractivity (Wildman–Crippen MR) is 98.6 cm³/mol. The highest BCUT2D eigenvalue weighted by Gasteiger charge is 2.28. The minimum atomic E-state index is -0.588. The normalized spacial score (nSPS) is 16.5. The van der Waals surface area contributed by atoms with Crippen molar-refractivity contribution in [2.45, 2.75) is 25.9 Å². The van der Waals surface area contributed by atoms with Crippen LogP contribution < -0.4 is 4.90 Å². The van der Waals surface area contributed by atoms with Crippen LogP contribution in [0.1, 0.15) is 30.3 Å². The molecule has 0 amide bonds. The Bertz CT molecular complexity index is 904. The van der Waals surface area contributed by atoms with Gasteiger partial charge in [0.15, 0.2) is 5.82 Å². The van der Waals surface area contributed by atoms with Gasteiger partial charge in [0, 0.05) is 19.3 Å². The van der Waals surface area contributed by atoms with Crippen LogP contribution in [0.4, 0.5) is 10.2 Å². The second kappa shape index (κ2) is 7.44. The quantitative estimate of drug-likeness (QED) is 0.759. The monoisotopic (exact) mass is 368 g/mol. The van der Waals surface area contributed by atoms with E-state index < -0.39 is 6.10 Å². The van der Waals surface area contributed by atoms with Gasteiger partial charge >= 0.3 is 0 Å². The van der Waals surface area contributed by atoms with Gasteiger partial charge in [-0.05, 0) is 55.5 Å². The predicted octanol–water partition coefficient (Wildman–Crippen LogP) is 3.53. The first-order valence-electron chi connectivity index (χ1n) is 9.06. The first kappa shape index (κ1) is 17.6. The number of aromatic nitrogens is 3. The summed E-state index contributed by atoms with van der Waals surface area (Å²) in [5.74, 6) is 1.70. The summed E-state index contributed by atoms with van der Waals surface area (Å²) in [7, 11) is 0. The molecule has 0 radical (unpaired) electrons. The molecule has 27 heavy (non-hydrogen) atoms. The molecule has 3 aromatic rings. The fraction of sp³-hybridized carbons (Fsp3) is 0.350. The Morgan fingerprint density at radius 2 is 1.93 bits per heavy atom. The van der Waals surface area contributed by atoms with E-state index in [0.717, 1.165) is 42.9 Å². The Balaban J connectivity index is 1.48.